The number of hydrogen-bond donors (Lipinski definition) is 0. The van der Waals surface area contributed by atoms with Gasteiger partial charge in [0.05, 0.1) is 12.7 Å². The summed E-state index contributed by atoms with van der Waals surface area (Å²) in [6, 6.07) is 2.34. The summed E-state index contributed by atoms with van der Waals surface area (Å²) in [7, 11) is 0. The van der Waals surface area contributed by atoms with E-state index in [1.807, 2.05) is 6.92 Å². The molecule has 19 heavy (non-hydrogen) atoms. The lowest BCUT2D eigenvalue weighted by Gasteiger charge is -2.31. The smallest absolute Gasteiger partial charge is 0.260 e. The van der Waals surface area contributed by atoms with Gasteiger partial charge in [0.2, 0.25) is 0 Å². The molecular weight excluding hydrogens is 252 g/mol. The van der Waals surface area contributed by atoms with Crippen molar-refractivity contribution < 1.29 is 18.3 Å². The van der Waals surface area contributed by atoms with Gasteiger partial charge in [-0.3, -0.25) is 4.79 Å². The number of carbonyl (C=O) groups excluding carboxylic acids is 1. The van der Waals surface area contributed by atoms with E-state index < -0.39 is 23.1 Å². The van der Waals surface area contributed by atoms with E-state index in [0.717, 1.165) is 6.07 Å². The number of carbonyl (C=O) groups is 1. The van der Waals surface area contributed by atoms with Crippen molar-refractivity contribution in [1.29, 1.82) is 0 Å². The molecule has 5 heteroatoms. The Morgan fingerprint density at radius 3 is 2.89 bits per heavy atom. The first-order valence-electron chi connectivity index (χ1n) is 6.06. The van der Waals surface area contributed by atoms with E-state index in [4.69, 9.17) is 4.74 Å². The van der Waals surface area contributed by atoms with Crippen molar-refractivity contribution in [3.63, 3.8) is 0 Å². The molecule has 1 aromatic rings. The maximum absolute atomic E-state index is 14.0. The van der Waals surface area contributed by atoms with Crippen LogP contribution in [0.2, 0.25) is 0 Å². The van der Waals surface area contributed by atoms with Gasteiger partial charge in [0.1, 0.15) is 17.2 Å². The number of benzene rings is 1. The van der Waals surface area contributed by atoms with E-state index in [-0.39, 0.29) is 11.7 Å². The lowest BCUT2D eigenvalue weighted by atomic mass is 10.1. The Morgan fingerprint density at radius 1 is 1.53 bits per heavy atom. The number of morpholine rings is 1. The second-order valence-electron chi connectivity index (χ2n) is 4.46. The minimum absolute atomic E-state index is 0.117. The highest BCUT2D eigenvalue weighted by Gasteiger charge is 2.27. The number of nitrogens with zero attached hydrogens (tertiary/aromatic N) is 1. The molecule has 1 aliphatic rings. The average Bonchev–Trinajstić information content (AvgIpc) is 2.39. The van der Waals surface area contributed by atoms with Crippen LogP contribution in [0.5, 0.6) is 0 Å². The number of rotatable bonds is 2. The fourth-order valence-electron chi connectivity index (χ4n) is 2.08. The molecule has 1 aromatic carbocycles. The summed E-state index contributed by atoms with van der Waals surface area (Å²) in [5, 5.41) is 0. The largest absolute Gasteiger partial charge is 0.375 e. The van der Waals surface area contributed by atoms with Crippen molar-refractivity contribution in [3.05, 3.63) is 41.5 Å². The van der Waals surface area contributed by atoms with Crippen LogP contribution in [-0.4, -0.2) is 36.6 Å². The maximum atomic E-state index is 14.0. The Morgan fingerprint density at radius 2 is 2.26 bits per heavy atom. The van der Waals surface area contributed by atoms with Crippen LogP contribution in [0.3, 0.4) is 0 Å². The number of ether oxygens (including phenoxy) is 1. The zero-order valence-electron chi connectivity index (χ0n) is 10.7. The average molecular weight is 267 g/mol. The topological polar surface area (TPSA) is 29.5 Å². The molecule has 1 unspecified atom stereocenters. The van der Waals surface area contributed by atoms with Gasteiger partial charge in [-0.1, -0.05) is 12.7 Å². The molecule has 0 aromatic heterocycles. The predicted molar refractivity (Wildman–Crippen MR) is 67.8 cm³/mol. The van der Waals surface area contributed by atoms with Crippen molar-refractivity contribution in [2.24, 2.45) is 0 Å². The van der Waals surface area contributed by atoms with E-state index >= 15 is 0 Å². The van der Waals surface area contributed by atoms with Gasteiger partial charge in [0.15, 0.2) is 0 Å². The standard InChI is InChI=1S/C14H15F2NO2/c1-3-10-4-5-11(15)12(13(10)16)14(18)17-6-7-19-9(2)8-17/h3-5,9H,1,6-8H2,2H3. The molecule has 3 nitrogen and oxygen atoms in total. The summed E-state index contributed by atoms with van der Waals surface area (Å²) in [5.74, 6) is -2.36. The molecule has 1 heterocycles. The Bertz CT molecular complexity index is 516. The zero-order chi connectivity index (χ0) is 14.0. The molecule has 0 N–H and O–H groups in total. The maximum Gasteiger partial charge on any atom is 0.260 e. The second kappa shape index (κ2) is 5.48. The third-order valence-corrected chi connectivity index (χ3v) is 3.08. The van der Waals surface area contributed by atoms with Crippen molar-refractivity contribution in [3.8, 4) is 0 Å². The van der Waals surface area contributed by atoms with Gasteiger partial charge in [-0.25, -0.2) is 8.78 Å². The van der Waals surface area contributed by atoms with Gasteiger partial charge in [0, 0.05) is 18.7 Å². The highest BCUT2D eigenvalue weighted by molar-refractivity contribution is 5.95. The van der Waals surface area contributed by atoms with Crippen LogP contribution >= 0.6 is 0 Å². The fourth-order valence-corrected chi connectivity index (χ4v) is 2.08. The summed E-state index contributed by atoms with van der Waals surface area (Å²) in [6.07, 6.45) is 1.12. The van der Waals surface area contributed by atoms with Crippen molar-refractivity contribution in [2.75, 3.05) is 19.7 Å². The molecule has 1 saturated heterocycles. The Balaban J connectivity index is 2.35. The molecule has 1 atom stereocenters. The first-order chi connectivity index (χ1) is 9.04. The number of halogens is 2. The molecule has 1 fully saturated rings. The van der Waals surface area contributed by atoms with Crippen molar-refractivity contribution >= 4 is 12.0 Å². The molecule has 0 radical (unpaired) electrons. The minimum atomic E-state index is -0.862. The van der Waals surface area contributed by atoms with E-state index in [1.165, 1.54) is 17.0 Å². The van der Waals surface area contributed by atoms with Gasteiger partial charge in [-0.05, 0) is 19.1 Å². The predicted octanol–water partition coefficient (Wildman–Crippen LogP) is 2.47. The summed E-state index contributed by atoms with van der Waals surface area (Å²) in [5.41, 5.74) is -0.405. The fraction of sp³-hybridized carbons (Fsp3) is 0.357. The van der Waals surface area contributed by atoms with Gasteiger partial charge < -0.3 is 9.64 Å². The first kappa shape index (κ1) is 13.7. The van der Waals surface area contributed by atoms with Gasteiger partial charge >= 0.3 is 0 Å². The molecule has 1 amide bonds. The minimum Gasteiger partial charge on any atom is -0.375 e. The molecule has 0 bridgehead atoms. The summed E-state index contributed by atoms with van der Waals surface area (Å²) < 4.78 is 33.1. The Hall–Kier alpha value is -1.75. The quantitative estimate of drug-likeness (QED) is 0.823. The summed E-state index contributed by atoms with van der Waals surface area (Å²) in [4.78, 5) is 13.6. The first-order valence-corrected chi connectivity index (χ1v) is 6.06. The van der Waals surface area contributed by atoms with Crippen LogP contribution in [-0.2, 0) is 4.74 Å². The highest BCUT2D eigenvalue weighted by atomic mass is 19.1. The molecular formula is C14H15F2NO2. The normalized spacial score (nSPS) is 19.3. The molecule has 102 valence electrons. The highest BCUT2D eigenvalue weighted by Crippen LogP contribution is 2.20. The molecule has 0 saturated carbocycles. The van der Waals surface area contributed by atoms with E-state index in [9.17, 15) is 13.6 Å². The molecule has 0 aliphatic carbocycles. The third-order valence-electron chi connectivity index (χ3n) is 3.08. The van der Waals surface area contributed by atoms with Crippen molar-refractivity contribution in [2.45, 2.75) is 13.0 Å². The van der Waals surface area contributed by atoms with Gasteiger partial charge in [-0.2, -0.15) is 0 Å². The molecule has 0 spiro atoms. The Kier molecular flexibility index (Phi) is 3.95. The van der Waals surface area contributed by atoms with E-state index in [1.54, 1.807) is 0 Å². The summed E-state index contributed by atoms with van der Waals surface area (Å²) in [6.45, 7) is 6.29. The number of hydrogen-bond acceptors (Lipinski definition) is 2. The van der Waals surface area contributed by atoms with Crippen LogP contribution in [0.15, 0.2) is 18.7 Å². The monoisotopic (exact) mass is 267 g/mol. The Labute approximate surface area is 110 Å². The van der Waals surface area contributed by atoms with Gasteiger partial charge in [-0.15, -0.1) is 0 Å². The SMILES string of the molecule is C=Cc1ccc(F)c(C(=O)N2CCOC(C)C2)c1F. The van der Waals surface area contributed by atoms with Gasteiger partial charge in [0.25, 0.3) is 5.91 Å². The van der Waals surface area contributed by atoms with E-state index in [2.05, 4.69) is 6.58 Å². The third kappa shape index (κ3) is 2.66. The van der Waals surface area contributed by atoms with Crippen LogP contribution in [0, 0.1) is 11.6 Å². The second-order valence-corrected chi connectivity index (χ2v) is 4.46. The lowest BCUT2D eigenvalue weighted by molar-refractivity contribution is -0.0127. The van der Waals surface area contributed by atoms with Crippen molar-refractivity contribution in [1.82, 2.24) is 4.90 Å². The van der Waals surface area contributed by atoms with Crippen LogP contribution in [0.4, 0.5) is 8.78 Å². The number of amides is 1. The summed E-state index contributed by atoms with van der Waals surface area (Å²) >= 11 is 0. The molecule has 1 aliphatic heterocycles. The zero-order valence-corrected chi connectivity index (χ0v) is 10.7. The lowest BCUT2D eigenvalue weighted by Crippen LogP contribution is -2.45. The van der Waals surface area contributed by atoms with Crippen LogP contribution in [0.25, 0.3) is 6.08 Å². The molecule has 2 rings (SSSR count). The van der Waals surface area contributed by atoms with Crippen LogP contribution < -0.4 is 0 Å². The van der Waals surface area contributed by atoms with Crippen LogP contribution in [0.1, 0.15) is 22.8 Å². The van der Waals surface area contributed by atoms with E-state index in [0.29, 0.717) is 19.7 Å².